The number of rotatable bonds is 11. The van der Waals surface area contributed by atoms with Crippen molar-refractivity contribution in [1.29, 1.82) is 0 Å². The minimum Gasteiger partial charge on any atom is -0.491 e. The van der Waals surface area contributed by atoms with Crippen LogP contribution in [0.4, 0.5) is 8.78 Å². The third kappa shape index (κ3) is 7.06. The van der Waals surface area contributed by atoms with E-state index in [1.54, 1.807) is 6.92 Å². The van der Waals surface area contributed by atoms with Crippen molar-refractivity contribution >= 4 is 0 Å². The molecule has 0 bridgehead atoms. The van der Waals surface area contributed by atoms with E-state index in [1.807, 2.05) is 12.1 Å². The van der Waals surface area contributed by atoms with Crippen LogP contribution in [-0.2, 0) is 19.4 Å². The lowest BCUT2D eigenvalue weighted by molar-refractivity contribution is 0.114. The first-order valence-corrected chi connectivity index (χ1v) is 15.4. The van der Waals surface area contributed by atoms with Crippen molar-refractivity contribution in [1.82, 2.24) is 0 Å². The van der Waals surface area contributed by atoms with Crippen LogP contribution in [0, 0.1) is 29.4 Å². The fraction of sp³-hybridized carbons (Fsp3) is 0.500. The SMILES string of the molecule is CCCC1CCC2CC(c3ccc(CCc4ccc(COc5ccc(OCC)c(F)c5F)cc4)cc3)CCC2C1. The highest BCUT2D eigenvalue weighted by molar-refractivity contribution is 5.35. The lowest BCUT2D eigenvalue weighted by Gasteiger charge is -2.42. The van der Waals surface area contributed by atoms with E-state index in [1.165, 1.54) is 80.2 Å². The molecule has 0 saturated heterocycles. The monoisotopic (exact) mass is 546 g/mol. The highest BCUT2D eigenvalue weighted by Crippen LogP contribution is 2.48. The summed E-state index contributed by atoms with van der Waals surface area (Å²) in [5, 5.41) is 0. The van der Waals surface area contributed by atoms with Crippen LogP contribution >= 0.6 is 0 Å². The first kappa shape index (κ1) is 28.6. The van der Waals surface area contributed by atoms with E-state index in [-0.39, 0.29) is 24.7 Å². The molecule has 0 spiro atoms. The summed E-state index contributed by atoms with van der Waals surface area (Å²) >= 11 is 0. The lowest BCUT2D eigenvalue weighted by atomic mass is 9.63. The van der Waals surface area contributed by atoms with E-state index in [0.29, 0.717) is 0 Å². The van der Waals surface area contributed by atoms with Gasteiger partial charge in [-0.15, -0.1) is 0 Å². The smallest absolute Gasteiger partial charge is 0.204 e. The molecule has 4 heteroatoms. The van der Waals surface area contributed by atoms with E-state index in [4.69, 9.17) is 9.47 Å². The Labute approximate surface area is 239 Å². The van der Waals surface area contributed by atoms with Crippen molar-refractivity contribution in [2.24, 2.45) is 17.8 Å². The Morgan fingerprint density at radius 1 is 0.650 bits per heavy atom. The third-order valence-corrected chi connectivity index (χ3v) is 9.30. The second kappa shape index (κ2) is 13.7. The zero-order valence-electron chi connectivity index (χ0n) is 24.1. The van der Waals surface area contributed by atoms with Gasteiger partial charge in [0.05, 0.1) is 6.61 Å². The van der Waals surface area contributed by atoms with Gasteiger partial charge in [-0.2, -0.15) is 8.78 Å². The normalized spacial score (nSPS) is 22.5. The van der Waals surface area contributed by atoms with Gasteiger partial charge in [0, 0.05) is 0 Å². The minimum absolute atomic E-state index is 0.0987. The molecule has 5 rings (SSSR count). The molecule has 3 aromatic carbocycles. The Balaban J connectivity index is 1.08. The van der Waals surface area contributed by atoms with Crippen molar-refractivity contribution in [3.8, 4) is 11.5 Å². The molecule has 2 aliphatic rings. The van der Waals surface area contributed by atoms with Gasteiger partial charge in [-0.05, 0) is 110 Å². The number of benzene rings is 3. The van der Waals surface area contributed by atoms with E-state index in [0.717, 1.165) is 42.1 Å². The average Bonchev–Trinajstić information content (AvgIpc) is 2.99. The Hall–Kier alpha value is -2.88. The molecule has 0 heterocycles. The molecule has 4 unspecified atom stereocenters. The van der Waals surface area contributed by atoms with Gasteiger partial charge in [-0.1, -0.05) is 74.7 Å². The summed E-state index contributed by atoms with van der Waals surface area (Å²) in [7, 11) is 0. The molecule has 40 heavy (non-hydrogen) atoms. The molecule has 3 aromatic rings. The molecule has 2 aliphatic carbocycles. The summed E-state index contributed by atoms with van der Waals surface area (Å²) in [6.45, 7) is 4.51. The van der Waals surface area contributed by atoms with Gasteiger partial charge in [0.2, 0.25) is 11.6 Å². The Bertz CT molecular complexity index is 1220. The molecular formula is C36H44F2O2. The molecule has 0 aromatic heterocycles. The van der Waals surface area contributed by atoms with Crippen molar-refractivity contribution < 1.29 is 18.3 Å². The molecule has 2 nitrogen and oxygen atoms in total. The maximum absolute atomic E-state index is 14.3. The van der Waals surface area contributed by atoms with Crippen LogP contribution in [0.3, 0.4) is 0 Å². The van der Waals surface area contributed by atoms with Crippen molar-refractivity contribution in [3.05, 3.63) is 94.6 Å². The molecule has 0 aliphatic heterocycles. The van der Waals surface area contributed by atoms with Gasteiger partial charge >= 0.3 is 0 Å². The molecule has 0 amide bonds. The Morgan fingerprint density at radius 2 is 1.23 bits per heavy atom. The summed E-state index contributed by atoms with van der Waals surface area (Å²) in [6, 6.07) is 20.4. The molecule has 0 radical (unpaired) electrons. The fourth-order valence-corrected chi connectivity index (χ4v) is 7.06. The van der Waals surface area contributed by atoms with Crippen molar-refractivity contribution in [2.75, 3.05) is 6.61 Å². The van der Waals surface area contributed by atoms with E-state index in [9.17, 15) is 8.78 Å². The zero-order valence-corrected chi connectivity index (χ0v) is 24.1. The molecule has 2 fully saturated rings. The van der Waals surface area contributed by atoms with Crippen LogP contribution in [0.25, 0.3) is 0 Å². The number of ether oxygens (including phenoxy) is 2. The molecule has 4 atom stereocenters. The van der Waals surface area contributed by atoms with Crippen molar-refractivity contribution in [3.63, 3.8) is 0 Å². The largest absolute Gasteiger partial charge is 0.491 e. The summed E-state index contributed by atoms with van der Waals surface area (Å²) in [6.07, 6.45) is 13.3. The van der Waals surface area contributed by atoms with Crippen LogP contribution in [0.1, 0.15) is 93.4 Å². The van der Waals surface area contributed by atoms with Crippen LogP contribution in [-0.4, -0.2) is 6.61 Å². The van der Waals surface area contributed by atoms with Crippen molar-refractivity contribution in [2.45, 2.75) is 90.6 Å². The third-order valence-electron chi connectivity index (χ3n) is 9.30. The standard InChI is InChI=1S/C36H44F2O2/c1-3-5-27-14-17-32-23-31(19-18-30(32)22-27)29-15-12-26(13-16-29)7-6-25-8-10-28(11-9-25)24-40-34-21-20-33(39-4-2)35(37)36(34)38/h8-13,15-16,20-21,27,30-32H,3-7,14,17-19,22-24H2,1-2H3. The van der Waals surface area contributed by atoms with Crippen LogP contribution < -0.4 is 9.47 Å². The summed E-state index contributed by atoms with van der Waals surface area (Å²) in [4.78, 5) is 0. The quantitative estimate of drug-likeness (QED) is 0.238. The lowest BCUT2D eigenvalue weighted by Crippen LogP contribution is -2.30. The average molecular weight is 547 g/mol. The predicted octanol–water partition coefficient (Wildman–Crippen LogP) is 9.83. The second-order valence-corrected chi connectivity index (χ2v) is 12.0. The van der Waals surface area contributed by atoms with Crippen LogP contribution in [0.5, 0.6) is 11.5 Å². The van der Waals surface area contributed by atoms with E-state index >= 15 is 0 Å². The highest BCUT2D eigenvalue weighted by Gasteiger charge is 2.35. The second-order valence-electron chi connectivity index (χ2n) is 12.0. The molecule has 2 saturated carbocycles. The fourth-order valence-electron chi connectivity index (χ4n) is 7.06. The molecule has 214 valence electrons. The summed E-state index contributed by atoms with van der Waals surface area (Å²) in [5.41, 5.74) is 5.07. The maximum atomic E-state index is 14.3. The summed E-state index contributed by atoms with van der Waals surface area (Å²) < 4.78 is 39.0. The number of halogens is 2. The molecule has 0 N–H and O–H groups in total. The van der Waals surface area contributed by atoms with Gasteiger partial charge in [-0.25, -0.2) is 0 Å². The first-order valence-electron chi connectivity index (χ1n) is 15.4. The number of hydrogen-bond acceptors (Lipinski definition) is 2. The highest BCUT2D eigenvalue weighted by atomic mass is 19.2. The topological polar surface area (TPSA) is 18.5 Å². The first-order chi connectivity index (χ1) is 19.5. The Kier molecular flexibility index (Phi) is 9.78. The summed E-state index contributed by atoms with van der Waals surface area (Å²) in [5.74, 6) is 1.41. The van der Waals surface area contributed by atoms with Gasteiger partial charge in [0.15, 0.2) is 11.5 Å². The maximum Gasteiger partial charge on any atom is 0.204 e. The van der Waals surface area contributed by atoms with E-state index < -0.39 is 11.6 Å². The zero-order chi connectivity index (χ0) is 27.9. The number of aryl methyl sites for hydroxylation is 2. The van der Waals surface area contributed by atoms with Gasteiger partial charge in [0.1, 0.15) is 6.61 Å². The predicted molar refractivity (Wildman–Crippen MR) is 158 cm³/mol. The number of hydrogen-bond donors (Lipinski definition) is 0. The van der Waals surface area contributed by atoms with Crippen LogP contribution in [0.2, 0.25) is 0 Å². The Morgan fingerprint density at radius 3 is 1.88 bits per heavy atom. The van der Waals surface area contributed by atoms with Gasteiger partial charge in [0.25, 0.3) is 0 Å². The minimum atomic E-state index is -1.02. The van der Waals surface area contributed by atoms with Gasteiger partial charge in [-0.3, -0.25) is 0 Å². The van der Waals surface area contributed by atoms with E-state index in [2.05, 4.69) is 43.3 Å². The molecular weight excluding hydrogens is 502 g/mol. The van der Waals surface area contributed by atoms with Crippen LogP contribution in [0.15, 0.2) is 60.7 Å². The van der Waals surface area contributed by atoms with Gasteiger partial charge < -0.3 is 9.47 Å². The number of fused-ring (bicyclic) bond motifs is 1.